The van der Waals surface area contributed by atoms with E-state index in [1.807, 2.05) is 0 Å². The first kappa shape index (κ1) is 17.3. The van der Waals surface area contributed by atoms with Gasteiger partial charge >= 0.3 is 0 Å². The topological polar surface area (TPSA) is 80.2 Å². The average molecular weight is 345 g/mol. The van der Waals surface area contributed by atoms with Crippen LogP contribution in [0.15, 0.2) is 23.3 Å². The molecule has 0 saturated heterocycles. The molecule has 1 aromatic rings. The maximum absolute atomic E-state index is 12.4. The molecule has 1 N–H and O–H groups in total. The predicted octanol–water partition coefficient (Wildman–Crippen LogP) is 2.56. The molecule has 1 saturated carbocycles. The van der Waals surface area contributed by atoms with E-state index >= 15 is 0 Å². The zero-order chi connectivity index (χ0) is 17.8. The molecule has 1 heterocycles. The van der Waals surface area contributed by atoms with Gasteiger partial charge in [-0.05, 0) is 37.8 Å². The highest BCUT2D eigenvalue weighted by atomic mass is 16.5. The lowest BCUT2D eigenvalue weighted by Crippen LogP contribution is -2.34. The summed E-state index contributed by atoms with van der Waals surface area (Å²) in [6.07, 6.45) is 5.26. The molecule has 134 valence electrons. The molecule has 1 aromatic carbocycles. The van der Waals surface area contributed by atoms with Crippen LogP contribution in [-0.4, -0.2) is 42.8 Å². The Morgan fingerprint density at radius 1 is 1.24 bits per heavy atom. The Kier molecular flexibility index (Phi) is 5.21. The van der Waals surface area contributed by atoms with Crippen LogP contribution in [0, 0.1) is 0 Å². The van der Waals surface area contributed by atoms with Crippen molar-refractivity contribution in [1.82, 2.24) is 5.01 Å². The Bertz CT molecular complexity index is 696. The first-order chi connectivity index (χ1) is 12.1. The van der Waals surface area contributed by atoms with Gasteiger partial charge < -0.3 is 14.8 Å². The van der Waals surface area contributed by atoms with E-state index in [2.05, 4.69) is 10.4 Å². The van der Waals surface area contributed by atoms with Crippen molar-refractivity contribution in [3.63, 3.8) is 0 Å². The molecule has 0 spiro atoms. The highest BCUT2D eigenvalue weighted by Gasteiger charge is 2.23. The van der Waals surface area contributed by atoms with E-state index in [0.717, 1.165) is 12.8 Å². The van der Waals surface area contributed by atoms with Gasteiger partial charge in [0.1, 0.15) is 5.71 Å². The van der Waals surface area contributed by atoms with Crippen molar-refractivity contribution in [2.45, 2.75) is 44.6 Å². The number of hydrogen-bond donors (Lipinski definition) is 1. The number of nitrogens with zero attached hydrogens (tertiary/aromatic N) is 2. The minimum Gasteiger partial charge on any atom is -0.493 e. The summed E-state index contributed by atoms with van der Waals surface area (Å²) >= 11 is 0. The van der Waals surface area contributed by atoms with Gasteiger partial charge in [-0.2, -0.15) is 5.10 Å². The van der Waals surface area contributed by atoms with Crippen molar-refractivity contribution in [3.8, 4) is 11.5 Å². The van der Waals surface area contributed by atoms with E-state index in [4.69, 9.17) is 9.47 Å². The first-order valence-corrected chi connectivity index (χ1v) is 8.57. The summed E-state index contributed by atoms with van der Waals surface area (Å²) in [5.74, 6) is 0.875. The second-order valence-corrected chi connectivity index (χ2v) is 6.31. The number of carbonyl (C=O) groups excluding carboxylic acids is 2. The number of benzene rings is 1. The Balaban J connectivity index is 1.72. The molecular formula is C18H23N3O4. The number of anilines is 1. The summed E-state index contributed by atoms with van der Waals surface area (Å²) in [6.45, 7) is 0. The molecule has 25 heavy (non-hydrogen) atoms. The smallest absolute Gasteiger partial charge is 0.271 e. The van der Waals surface area contributed by atoms with Crippen molar-refractivity contribution in [2.24, 2.45) is 5.10 Å². The predicted molar refractivity (Wildman–Crippen MR) is 93.9 cm³/mol. The molecule has 0 unspecified atom stereocenters. The molecule has 1 fully saturated rings. The van der Waals surface area contributed by atoms with Crippen molar-refractivity contribution >= 4 is 23.2 Å². The van der Waals surface area contributed by atoms with Gasteiger partial charge in [-0.15, -0.1) is 0 Å². The molecule has 7 nitrogen and oxygen atoms in total. The number of nitrogens with one attached hydrogen (secondary N) is 1. The van der Waals surface area contributed by atoms with Crippen molar-refractivity contribution < 1.29 is 19.1 Å². The van der Waals surface area contributed by atoms with Crippen molar-refractivity contribution in [2.75, 3.05) is 19.5 Å². The quantitative estimate of drug-likeness (QED) is 0.889. The third-order valence-electron chi connectivity index (χ3n) is 4.49. The summed E-state index contributed by atoms with van der Waals surface area (Å²) in [6, 6.07) is 5.31. The van der Waals surface area contributed by atoms with E-state index in [0.29, 0.717) is 35.7 Å². The van der Waals surface area contributed by atoms with Crippen LogP contribution in [0.4, 0.5) is 5.69 Å². The molecule has 2 amide bonds. The van der Waals surface area contributed by atoms with Crippen LogP contribution in [0.25, 0.3) is 0 Å². The van der Waals surface area contributed by atoms with Crippen molar-refractivity contribution in [3.05, 3.63) is 18.2 Å². The van der Waals surface area contributed by atoms with Crippen LogP contribution in [0.2, 0.25) is 0 Å². The summed E-state index contributed by atoms with van der Waals surface area (Å²) in [5, 5.41) is 8.06. The van der Waals surface area contributed by atoms with Crippen LogP contribution in [0.3, 0.4) is 0 Å². The van der Waals surface area contributed by atoms with E-state index in [9.17, 15) is 9.59 Å². The Labute approximate surface area is 147 Å². The minimum atomic E-state index is -0.309. The normalized spacial score (nSPS) is 18.1. The molecular weight excluding hydrogens is 322 g/mol. The third kappa shape index (κ3) is 4.10. The largest absolute Gasteiger partial charge is 0.493 e. The Hall–Kier alpha value is -2.57. The number of ether oxygens (including phenoxy) is 2. The Morgan fingerprint density at radius 2 is 2.00 bits per heavy atom. The van der Waals surface area contributed by atoms with E-state index in [1.54, 1.807) is 32.4 Å². The van der Waals surface area contributed by atoms with Gasteiger partial charge in [0.25, 0.3) is 5.91 Å². The fraction of sp³-hybridized carbons (Fsp3) is 0.500. The zero-order valence-electron chi connectivity index (χ0n) is 14.6. The summed E-state index contributed by atoms with van der Waals surface area (Å²) in [5.41, 5.74) is 0.956. The number of methoxy groups -OCH3 is 1. The van der Waals surface area contributed by atoms with Gasteiger partial charge in [-0.3, -0.25) is 9.59 Å². The van der Waals surface area contributed by atoms with Crippen LogP contribution in [0.5, 0.6) is 11.5 Å². The van der Waals surface area contributed by atoms with Crippen LogP contribution < -0.4 is 14.8 Å². The summed E-state index contributed by atoms with van der Waals surface area (Å²) in [4.78, 5) is 23.8. The molecule has 0 aromatic heterocycles. The Morgan fingerprint density at radius 3 is 2.68 bits per heavy atom. The molecule has 1 aliphatic carbocycles. The highest BCUT2D eigenvalue weighted by Crippen LogP contribution is 2.34. The monoisotopic (exact) mass is 345 g/mol. The molecule has 0 atom stereocenters. The second-order valence-electron chi connectivity index (χ2n) is 6.31. The number of amides is 2. The van der Waals surface area contributed by atoms with Gasteiger partial charge in [0.15, 0.2) is 11.5 Å². The minimum absolute atomic E-state index is 0.0896. The number of hydrogen-bond acceptors (Lipinski definition) is 5. The fourth-order valence-electron chi connectivity index (χ4n) is 3.07. The number of hydrazone groups is 1. The first-order valence-electron chi connectivity index (χ1n) is 8.57. The summed E-state index contributed by atoms with van der Waals surface area (Å²) < 4.78 is 11.4. The van der Waals surface area contributed by atoms with Gasteiger partial charge in [0.05, 0.1) is 13.2 Å². The molecule has 0 bridgehead atoms. The molecule has 0 radical (unpaired) electrons. The van der Waals surface area contributed by atoms with Gasteiger partial charge in [0.2, 0.25) is 5.91 Å². The van der Waals surface area contributed by atoms with E-state index in [1.165, 1.54) is 17.9 Å². The molecule has 7 heteroatoms. The standard InChI is InChI=1S/C18H23N3O4/c1-21-17(22)10-8-14(20-21)18(23)19-12-7-9-15(24-2)16(11-12)25-13-5-3-4-6-13/h7,9,11,13H,3-6,8,10H2,1-2H3,(H,19,23). The van der Waals surface area contributed by atoms with Gasteiger partial charge in [-0.1, -0.05) is 0 Å². The van der Waals surface area contributed by atoms with Gasteiger partial charge in [-0.25, -0.2) is 5.01 Å². The van der Waals surface area contributed by atoms with Crippen LogP contribution >= 0.6 is 0 Å². The van der Waals surface area contributed by atoms with Crippen LogP contribution in [0.1, 0.15) is 38.5 Å². The summed E-state index contributed by atoms with van der Waals surface area (Å²) in [7, 11) is 3.15. The molecule has 3 rings (SSSR count). The molecule has 2 aliphatic rings. The maximum Gasteiger partial charge on any atom is 0.271 e. The lowest BCUT2D eigenvalue weighted by Gasteiger charge is -2.19. The van der Waals surface area contributed by atoms with E-state index in [-0.39, 0.29) is 17.9 Å². The SMILES string of the molecule is COc1ccc(NC(=O)C2=NN(C)C(=O)CC2)cc1OC1CCCC1. The number of carbonyl (C=O) groups is 2. The van der Waals surface area contributed by atoms with Crippen LogP contribution in [-0.2, 0) is 9.59 Å². The van der Waals surface area contributed by atoms with E-state index < -0.39 is 0 Å². The van der Waals surface area contributed by atoms with Gasteiger partial charge in [0, 0.05) is 31.6 Å². The lowest BCUT2D eigenvalue weighted by atomic mass is 10.1. The third-order valence-corrected chi connectivity index (χ3v) is 4.49. The van der Waals surface area contributed by atoms with Crippen molar-refractivity contribution in [1.29, 1.82) is 0 Å². The average Bonchev–Trinajstić information content (AvgIpc) is 3.10. The molecule has 1 aliphatic heterocycles. The fourth-order valence-corrected chi connectivity index (χ4v) is 3.07. The number of rotatable bonds is 5. The second kappa shape index (κ2) is 7.55. The zero-order valence-corrected chi connectivity index (χ0v) is 14.6. The lowest BCUT2D eigenvalue weighted by molar-refractivity contribution is -0.130. The highest BCUT2D eigenvalue weighted by molar-refractivity contribution is 6.43. The maximum atomic E-state index is 12.4.